The summed E-state index contributed by atoms with van der Waals surface area (Å²) in [5.41, 5.74) is 11.8. The van der Waals surface area contributed by atoms with Gasteiger partial charge < -0.3 is 9.13 Å². The molecule has 0 bridgehead atoms. The summed E-state index contributed by atoms with van der Waals surface area (Å²) in [5, 5.41) is 9.65. The van der Waals surface area contributed by atoms with Crippen LogP contribution in [0.2, 0.25) is 0 Å². The highest BCUT2D eigenvalue weighted by Gasteiger charge is 2.22. The summed E-state index contributed by atoms with van der Waals surface area (Å²) in [5.74, 6) is 0.699. The first-order chi connectivity index (χ1) is 28.8. The molecular weight excluding hydrogens is 705 g/mol. The Morgan fingerprint density at radius 1 is 0.310 bits per heavy atom. The Bertz CT molecular complexity index is 3560. The molecule has 0 aliphatic heterocycles. The lowest BCUT2D eigenvalue weighted by atomic mass is 9.98. The lowest BCUT2D eigenvalue weighted by Crippen LogP contribution is -1.99. The highest BCUT2D eigenvalue weighted by atomic mass is 15.0. The Morgan fingerprint density at radius 2 is 0.862 bits per heavy atom. The van der Waals surface area contributed by atoms with Crippen LogP contribution in [0.25, 0.3) is 110 Å². The molecule has 0 unspecified atom stereocenters. The van der Waals surface area contributed by atoms with Crippen molar-refractivity contribution in [2.24, 2.45) is 0 Å². The van der Waals surface area contributed by atoms with Crippen LogP contribution in [0, 0.1) is 0 Å². The van der Waals surface area contributed by atoms with Crippen LogP contribution < -0.4 is 0 Å². The number of aromatic nitrogens is 4. The Hall–Kier alpha value is -7.82. The quantitative estimate of drug-likeness (QED) is 0.176. The van der Waals surface area contributed by atoms with Crippen LogP contribution in [0.1, 0.15) is 0 Å². The maximum Gasteiger partial charge on any atom is 0.160 e. The average molecular weight is 739 g/mol. The van der Waals surface area contributed by atoms with Gasteiger partial charge in [-0.25, -0.2) is 9.97 Å². The molecule has 4 nitrogen and oxygen atoms in total. The molecule has 0 atom stereocenters. The van der Waals surface area contributed by atoms with Gasteiger partial charge in [0.2, 0.25) is 0 Å². The monoisotopic (exact) mass is 738 g/mol. The standard InChI is InChI=1S/C54H34N4/c1-3-16-36(17-4-1)54-55-46(39-28-27-35-15-7-8-18-37(35)31-39)34-47(56-54)45-33-41(32-38-19-9-10-22-42(38)45)58-49-26-14-12-24-44(49)53-51(58)30-29-50-52(53)43-23-11-13-25-48(43)57(50)40-20-5-2-6-21-40/h1-34H. The second kappa shape index (κ2) is 12.9. The summed E-state index contributed by atoms with van der Waals surface area (Å²) in [6.07, 6.45) is 0. The fourth-order valence-electron chi connectivity index (χ4n) is 9.09. The molecule has 0 saturated heterocycles. The van der Waals surface area contributed by atoms with Crippen molar-refractivity contribution < 1.29 is 0 Å². The molecule has 0 amide bonds. The highest BCUT2D eigenvalue weighted by molar-refractivity contribution is 6.29. The maximum atomic E-state index is 5.34. The summed E-state index contributed by atoms with van der Waals surface area (Å²) in [4.78, 5) is 10.5. The molecule has 0 N–H and O–H groups in total. The van der Waals surface area contributed by atoms with E-state index < -0.39 is 0 Å². The fraction of sp³-hybridized carbons (Fsp3) is 0. The summed E-state index contributed by atoms with van der Waals surface area (Å²) < 4.78 is 4.84. The van der Waals surface area contributed by atoms with Crippen molar-refractivity contribution in [1.82, 2.24) is 19.1 Å². The van der Waals surface area contributed by atoms with Gasteiger partial charge in [-0.2, -0.15) is 0 Å². The third-order valence-corrected chi connectivity index (χ3v) is 11.7. The molecule has 0 fully saturated rings. The van der Waals surface area contributed by atoms with Gasteiger partial charge in [-0.05, 0) is 82.2 Å². The zero-order valence-corrected chi connectivity index (χ0v) is 31.4. The molecule has 58 heavy (non-hydrogen) atoms. The van der Waals surface area contributed by atoms with Gasteiger partial charge in [0.1, 0.15) is 0 Å². The minimum Gasteiger partial charge on any atom is -0.309 e. The highest BCUT2D eigenvalue weighted by Crippen LogP contribution is 2.43. The van der Waals surface area contributed by atoms with E-state index in [1.54, 1.807) is 0 Å². The maximum absolute atomic E-state index is 5.34. The fourth-order valence-corrected chi connectivity index (χ4v) is 9.09. The summed E-state index contributed by atoms with van der Waals surface area (Å²) in [6, 6.07) is 73.8. The van der Waals surface area contributed by atoms with Crippen LogP contribution in [0.3, 0.4) is 0 Å². The largest absolute Gasteiger partial charge is 0.309 e. The molecule has 0 saturated carbocycles. The second-order valence-electron chi connectivity index (χ2n) is 15.0. The zero-order valence-electron chi connectivity index (χ0n) is 31.4. The second-order valence-corrected chi connectivity index (χ2v) is 15.0. The van der Waals surface area contributed by atoms with Gasteiger partial charge in [0.05, 0.1) is 33.5 Å². The van der Waals surface area contributed by atoms with Crippen LogP contribution in [-0.2, 0) is 0 Å². The van der Waals surface area contributed by atoms with Crippen molar-refractivity contribution in [3.05, 3.63) is 206 Å². The molecule has 0 aliphatic rings. The molecule has 9 aromatic carbocycles. The van der Waals surface area contributed by atoms with Crippen molar-refractivity contribution >= 4 is 65.2 Å². The Morgan fingerprint density at radius 3 is 1.57 bits per heavy atom. The predicted octanol–water partition coefficient (Wildman–Crippen LogP) is 14.0. The van der Waals surface area contributed by atoms with E-state index in [4.69, 9.17) is 9.97 Å². The van der Waals surface area contributed by atoms with Crippen LogP contribution in [-0.4, -0.2) is 19.1 Å². The van der Waals surface area contributed by atoms with E-state index in [0.717, 1.165) is 61.3 Å². The smallest absolute Gasteiger partial charge is 0.160 e. The van der Waals surface area contributed by atoms with E-state index in [1.165, 1.54) is 43.4 Å². The number of fused-ring (bicyclic) bond motifs is 9. The van der Waals surface area contributed by atoms with Gasteiger partial charge in [0, 0.05) is 49.6 Å². The summed E-state index contributed by atoms with van der Waals surface area (Å²) >= 11 is 0. The summed E-state index contributed by atoms with van der Waals surface area (Å²) in [6.45, 7) is 0. The molecule has 0 aliphatic carbocycles. The molecule has 12 rings (SSSR count). The van der Waals surface area contributed by atoms with Crippen molar-refractivity contribution in [1.29, 1.82) is 0 Å². The molecule has 3 aromatic heterocycles. The minimum atomic E-state index is 0.699. The number of hydrogen-bond donors (Lipinski definition) is 0. The molecule has 0 spiro atoms. The first kappa shape index (κ1) is 32.4. The third-order valence-electron chi connectivity index (χ3n) is 11.7. The average Bonchev–Trinajstić information content (AvgIpc) is 3.82. The molecule has 270 valence electrons. The van der Waals surface area contributed by atoms with E-state index in [0.29, 0.717) is 5.82 Å². The minimum absolute atomic E-state index is 0.699. The van der Waals surface area contributed by atoms with Gasteiger partial charge in [-0.1, -0.05) is 146 Å². The van der Waals surface area contributed by atoms with Gasteiger partial charge in [-0.3, -0.25) is 0 Å². The number of para-hydroxylation sites is 3. The number of rotatable bonds is 5. The van der Waals surface area contributed by atoms with Gasteiger partial charge in [0.15, 0.2) is 5.82 Å². The third kappa shape index (κ3) is 5.02. The SMILES string of the molecule is c1ccc(-c2nc(-c3ccc4ccccc4c3)cc(-c3cc(-n4c5ccccc5c5c6c7ccccc7n(-c7ccccc7)c6ccc54)cc4ccccc34)n2)cc1. The van der Waals surface area contributed by atoms with Crippen LogP contribution in [0.5, 0.6) is 0 Å². The molecule has 12 aromatic rings. The Balaban J connectivity index is 1.14. The van der Waals surface area contributed by atoms with Crippen molar-refractivity contribution in [3.63, 3.8) is 0 Å². The molecule has 4 heteroatoms. The van der Waals surface area contributed by atoms with Gasteiger partial charge in [-0.15, -0.1) is 0 Å². The lowest BCUT2D eigenvalue weighted by Gasteiger charge is -2.15. The van der Waals surface area contributed by atoms with Crippen molar-refractivity contribution in [3.8, 4) is 45.3 Å². The van der Waals surface area contributed by atoms with E-state index >= 15 is 0 Å². The van der Waals surface area contributed by atoms with E-state index in [9.17, 15) is 0 Å². The normalized spacial score (nSPS) is 11.8. The Kier molecular flexibility index (Phi) is 7.20. The number of nitrogens with zero attached hydrogens (tertiary/aromatic N) is 4. The van der Waals surface area contributed by atoms with Crippen LogP contribution in [0.4, 0.5) is 0 Å². The lowest BCUT2D eigenvalue weighted by molar-refractivity contribution is 1.17. The predicted molar refractivity (Wildman–Crippen MR) is 242 cm³/mol. The van der Waals surface area contributed by atoms with E-state index in [2.05, 4.69) is 197 Å². The topological polar surface area (TPSA) is 35.6 Å². The number of benzene rings is 9. The Labute approximate surface area is 334 Å². The van der Waals surface area contributed by atoms with Crippen LogP contribution in [0.15, 0.2) is 206 Å². The first-order valence-electron chi connectivity index (χ1n) is 19.7. The summed E-state index contributed by atoms with van der Waals surface area (Å²) in [7, 11) is 0. The molecule has 0 radical (unpaired) electrons. The van der Waals surface area contributed by atoms with Crippen molar-refractivity contribution in [2.75, 3.05) is 0 Å². The van der Waals surface area contributed by atoms with Gasteiger partial charge >= 0.3 is 0 Å². The first-order valence-corrected chi connectivity index (χ1v) is 19.7. The number of hydrogen-bond acceptors (Lipinski definition) is 2. The van der Waals surface area contributed by atoms with Gasteiger partial charge in [0.25, 0.3) is 0 Å². The van der Waals surface area contributed by atoms with Crippen molar-refractivity contribution in [2.45, 2.75) is 0 Å². The van der Waals surface area contributed by atoms with Crippen LogP contribution >= 0.6 is 0 Å². The zero-order chi connectivity index (χ0) is 38.2. The van der Waals surface area contributed by atoms with E-state index in [1.807, 2.05) is 18.2 Å². The molecule has 3 heterocycles. The molecular formula is C54H34N4. The van der Waals surface area contributed by atoms with E-state index in [-0.39, 0.29) is 0 Å².